The van der Waals surface area contributed by atoms with Crippen LogP contribution in [0.3, 0.4) is 0 Å². The molecule has 4 aromatic rings. The molecule has 0 unspecified atom stereocenters. The minimum atomic E-state index is -3.26. The Kier molecular flexibility index (Phi) is 7.57. The molecule has 0 N–H and O–H groups in total. The molecule has 0 nitrogen and oxygen atoms in total. The molecule has 32 heavy (non-hydrogen) atoms. The van der Waals surface area contributed by atoms with Crippen LogP contribution >= 0.6 is 26.0 Å². The van der Waals surface area contributed by atoms with Gasteiger partial charge >= 0.3 is 212 Å². The summed E-state index contributed by atoms with van der Waals surface area (Å²) in [6.45, 7) is 0. The molecule has 0 saturated carbocycles. The van der Waals surface area contributed by atoms with Gasteiger partial charge in [-0.25, -0.2) is 0 Å². The topological polar surface area (TPSA) is 0 Å². The Labute approximate surface area is 211 Å². The van der Waals surface area contributed by atoms with E-state index in [0.29, 0.717) is 12.3 Å². The molecule has 4 aromatic carbocycles. The molecule has 167 valence electrons. The van der Waals surface area contributed by atoms with Crippen LogP contribution in [0.5, 0.6) is 0 Å². The SMILES string of the molecule is Cl[P](Cl)([Pd])(CC(c1ccccc1)c1ccccc1)CC(c1ccccc1)c1ccccc1. The van der Waals surface area contributed by atoms with Crippen LogP contribution in [0.25, 0.3) is 0 Å². The van der Waals surface area contributed by atoms with Crippen molar-refractivity contribution >= 4 is 26.0 Å². The Morgan fingerprint density at radius 3 is 0.906 bits per heavy atom. The van der Waals surface area contributed by atoms with Crippen molar-refractivity contribution < 1.29 is 18.7 Å². The maximum atomic E-state index is 7.41. The summed E-state index contributed by atoms with van der Waals surface area (Å²) >= 11 is 18.4. The summed E-state index contributed by atoms with van der Waals surface area (Å²) in [4.78, 5) is 0. The fourth-order valence-electron chi connectivity index (χ4n) is 4.27. The molecule has 0 heterocycles. The summed E-state index contributed by atoms with van der Waals surface area (Å²) in [6.07, 6.45) is 1.34. The summed E-state index contributed by atoms with van der Waals surface area (Å²) < 4.78 is -3.26. The van der Waals surface area contributed by atoms with Crippen molar-refractivity contribution in [2.24, 2.45) is 0 Å². The molecule has 4 rings (SSSR count). The van der Waals surface area contributed by atoms with Crippen molar-refractivity contribution in [2.75, 3.05) is 12.3 Å². The predicted octanol–water partition coefficient (Wildman–Crippen LogP) is 8.97. The van der Waals surface area contributed by atoms with E-state index in [2.05, 4.69) is 116 Å². The maximum absolute atomic E-state index is 7.41. The molecule has 0 radical (unpaired) electrons. The molecule has 0 bridgehead atoms. The van der Waals surface area contributed by atoms with E-state index in [-0.39, 0.29) is 11.8 Å². The van der Waals surface area contributed by atoms with Gasteiger partial charge in [0.05, 0.1) is 0 Å². The van der Waals surface area contributed by atoms with E-state index in [0.717, 1.165) is 0 Å². The van der Waals surface area contributed by atoms with Crippen molar-refractivity contribution in [2.45, 2.75) is 11.8 Å². The van der Waals surface area contributed by atoms with Gasteiger partial charge in [-0.05, 0) is 0 Å². The average molecular weight is 571 g/mol. The van der Waals surface area contributed by atoms with Gasteiger partial charge in [-0.1, -0.05) is 0 Å². The van der Waals surface area contributed by atoms with Crippen LogP contribution in [-0.2, 0) is 18.7 Å². The van der Waals surface area contributed by atoms with Crippen molar-refractivity contribution in [3.05, 3.63) is 144 Å². The van der Waals surface area contributed by atoms with Gasteiger partial charge in [-0.15, -0.1) is 0 Å². The summed E-state index contributed by atoms with van der Waals surface area (Å²) in [6, 6.07) is 42.2. The third kappa shape index (κ3) is 6.32. The number of hydrogen-bond donors (Lipinski definition) is 0. The predicted molar refractivity (Wildman–Crippen MR) is 138 cm³/mol. The molecule has 0 spiro atoms. The van der Waals surface area contributed by atoms with Crippen LogP contribution in [0.1, 0.15) is 34.1 Å². The van der Waals surface area contributed by atoms with Gasteiger partial charge in [-0.2, -0.15) is 0 Å². The second-order valence-corrected chi connectivity index (χ2v) is 23.8. The van der Waals surface area contributed by atoms with E-state index in [1.807, 2.05) is 24.3 Å². The van der Waals surface area contributed by atoms with Crippen molar-refractivity contribution in [1.29, 1.82) is 0 Å². The second kappa shape index (κ2) is 10.2. The Morgan fingerprint density at radius 2 is 0.688 bits per heavy atom. The summed E-state index contributed by atoms with van der Waals surface area (Å²) in [5, 5.41) is 0. The number of halogens is 2. The standard InChI is InChI=1S/C28H26Cl2P.Pd/c29-31(30,21-27(23-13-5-1-6-14-23)24-15-7-2-8-16-24)22-28(25-17-9-3-10-18-25)26-19-11-4-12-20-26;/h1-20,27-28H,21-22H2;/q+1;-1. The quantitative estimate of drug-likeness (QED) is 0.147. The van der Waals surface area contributed by atoms with E-state index >= 15 is 0 Å². The number of rotatable bonds is 8. The first-order valence-electron chi connectivity index (χ1n) is 10.7. The molecule has 0 amide bonds. The zero-order chi connectivity index (χ0) is 22.5. The van der Waals surface area contributed by atoms with Gasteiger partial charge in [-0.3, -0.25) is 0 Å². The normalized spacial score (nSPS) is 13.1. The van der Waals surface area contributed by atoms with Crippen LogP contribution in [0.15, 0.2) is 121 Å². The van der Waals surface area contributed by atoms with E-state index in [4.69, 9.17) is 22.5 Å². The summed E-state index contributed by atoms with van der Waals surface area (Å²) in [5.74, 6) is 0.235. The van der Waals surface area contributed by atoms with Gasteiger partial charge in [0.2, 0.25) is 0 Å². The summed E-state index contributed by atoms with van der Waals surface area (Å²) in [7, 11) is 0. The molecular formula is C28H26Cl2PPd. The van der Waals surface area contributed by atoms with Crippen LogP contribution in [-0.4, -0.2) is 12.3 Å². The van der Waals surface area contributed by atoms with E-state index in [9.17, 15) is 0 Å². The first-order chi connectivity index (χ1) is 15.4. The zero-order valence-corrected chi connectivity index (χ0v) is 21.6. The Balaban J connectivity index is 1.71. The number of hydrogen-bond acceptors (Lipinski definition) is 0. The second-order valence-electron chi connectivity index (χ2n) is 8.19. The molecule has 0 saturated heterocycles. The van der Waals surface area contributed by atoms with E-state index in [1.165, 1.54) is 22.3 Å². The first kappa shape index (κ1) is 23.7. The molecule has 0 fully saturated rings. The monoisotopic (exact) mass is 569 g/mol. The zero-order valence-electron chi connectivity index (χ0n) is 17.6. The molecular weight excluding hydrogens is 545 g/mol. The molecule has 4 heteroatoms. The molecule has 0 atom stereocenters. The van der Waals surface area contributed by atoms with Gasteiger partial charge in [0.25, 0.3) is 0 Å². The van der Waals surface area contributed by atoms with E-state index in [1.54, 1.807) is 0 Å². The van der Waals surface area contributed by atoms with Gasteiger partial charge in [0, 0.05) is 0 Å². The first-order valence-corrected chi connectivity index (χ1v) is 17.1. The van der Waals surface area contributed by atoms with Crippen molar-refractivity contribution in [3.63, 3.8) is 0 Å². The molecule has 0 aliphatic heterocycles. The van der Waals surface area contributed by atoms with Gasteiger partial charge in [0.15, 0.2) is 0 Å². The van der Waals surface area contributed by atoms with Gasteiger partial charge < -0.3 is 0 Å². The van der Waals surface area contributed by atoms with Crippen LogP contribution in [0, 0.1) is 0 Å². The molecule has 0 aliphatic carbocycles. The third-order valence-electron chi connectivity index (χ3n) is 5.82. The Morgan fingerprint density at radius 1 is 0.469 bits per heavy atom. The van der Waals surface area contributed by atoms with E-state index < -0.39 is 3.50 Å². The van der Waals surface area contributed by atoms with Crippen LogP contribution in [0.4, 0.5) is 0 Å². The van der Waals surface area contributed by atoms with Crippen LogP contribution in [0.2, 0.25) is 0 Å². The number of benzene rings is 4. The minimum absolute atomic E-state index is 0.117. The van der Waals surface area contributed by atoms with Crippen molar-refractivity contribution in [1.82, 2.24) is 0 Å². The Hall–Kier alpha value is -1.45. The van der Waals surface area contributed by atoms with Gasteiger partial charge in [0.1, 0.15) is 0 Å². The molecule has 0 aliphatic rings. The third-order valence-corrected chi connectivity index (χ3v) is 11.2. The molecule has 0 aromatic heterocycles. The van der Waals surface area contributed by atoms with Crippen molar-refractivity contribution in [3.8, 4) is 0 Å². The average Bonchev–Trinajstić information content (AvgIpc) is 2.83. The summed E-state index contributed by atoms with van der Waals surface area (Å²) in [5.41, 5.74) is 4.93. The fraction of sp³-hybridized carbons (Fsp3) is 0.143. The Bertz CT molecular complexity index is 943. The van der Waals surface area contributed by atoms with Crippen LogP contribution < -0.4 is 0 Å². The fourth-order valence-corrected chi connectivity index (χ4v) is 9.92.